The van der Waals surface area contributed by atoms with Gasteiger partial charge in [0.15, 0.2) is 0 Å². The molecular weight excluding hydrogens is 220 g/mol. The van der Waals surface area contributed by atoms with E-state index in [9.17, 15) is 9.90 Å². The molecule has 2 heterocycles. The highest BCUT2D eigenvalue weighted by Crippen LogP contribution is 2.20. The van der Waals surface area contributed by atoms with Gasteiger partial charge >= 0.3 is 0 Å². The Bertz CT molecular complexity index is 264. The molecule has 5 nitrogen and oxygen atoms in total. The van der Waals surface area contributed by atoms with Crippen LogP contribution in [0.15, 0.2) is 0 Å². The van der Waals surface area contributed by atoms with Crippen LogP contribution in [0.2, 0.25) is 0 Å². The maximum Gasteiger partial charge on any atom is 0.225 e. The first-order chi connectivity index (χ1) is 8.16. The molecule has 2 saturated heterocycles. The second kappa shape index (κ2) is 5.80. The number of carbonyl (C=O) groups excluding carboxylic acids is 1. The van der Waals surface area contributed by atoms with Crippen molar-refractivity contribution in [3.63, 3.8) is 0 Å². The Labute approximate surface area is 102 Å². The van der Waals surface area contributed by atoms with E-state index >= 15 is 0 Å². The fraction of sp³-hybridized carbons (Fsp3) is 0.917. The second-order valence-electron chi connectivity index (χ2n) is 5.03. The molecule has 2 rings (SSSR count). The predicted molar refractivity (Wildman–Crippen MR) is 63.6 cm³/mol. The van der Waals surface area contributed by atoms with Gasteiger partial charge in [-0.2, -0.15) is 0 Å². The Morgan fingerprint density at radius 2 is 2.47 bits per heavy atom. The minimum absolute atomic E-state index is 0.0156. The van der Waals surface area contributed by atoms with E-state index in [4.69, 9.17) is 4.74 Å². The van der Waals surface area contributed by atoms with Crippen LogP contribution >= 0.6 is 0 Å². The third-order valence-electron chi connectivity index (χ3n) is 3.67. The summed E-state index contributed by atoms with van der Waals surface area (Å²) in [5.74, 6) is 0.395. The number of carbonyl (C=O) groups is 1. The fourth-order valence-electron chi connectivity index (χ4n) is 2.48. The second-order valence-corrected chi connectivity index (χ2v) is 5.03. The van der Waals surface area contributed by atoms with Crippen molar-refractivity contribution in [2.45, 2.75) is 32.0 Å². The molecule has 2 aliphatic heterocycles. The lowest BCUT2D eigenvalue weighted by atomic mass is 10.0. The van der Waals surface area contributed by atoms with Crippen molar-refractivity contribution in [2.24, 2.45) is 5.92 Å². The summed E-state index contributed by atoms with van der Waals surface area (Å²) < 4.78 is 5.52. The summed E-state index contributed by atoms with van der Waals surface area (Å²) in [5.41, 5.74) is 0. The summed E-state index contributed by atoms with van der Waals surface area (Å²) in [6.45, 7) is 5.59. The molecule has 2 N–H and O–H groups in total. The monoisotopic (exact) mass is 242 g/mol. The van der Waals surface area contributed by atoms with Gasteiger partial charge in [-0.05, 0) is 13.3 Å². The van der Waals surface area contributed by atoms with Crippen molar-refractivity contribution in [1.82, 2.24) is 10.2 Å². The van der Waals surface area contributed by atoms with E-state index in [0.29, 0.717) is 19.6 Å². The topological polar surface area (TPSA) is 61.8 Å². The van der Waals surface area contributed by atoms with Gasteiger partial charge in [0.1, 0.15) is 0 Å². The first-order valence-corrected chi connectivity index (χ1v) is 6.45. The highest BCUT2D eigenvalue weighted by Gasteiger charge is 2.30. The number of aliphatic hydroxyl groups is 1. The van der Waals surface area contributed by atoms with Crippen molar-refractivity contribution < 1.29 is 14.6 Å². The first kappa shape index (κ1) is 12.8. The Morgan fingerprint density at radius 1 is 1.65 bits per heavy atom. The number of hydrogen-bond acceptors (Lipinski definition) is 4. The Hall–Kier alpha value is -0.650. The van der Waals surface area contributed by atoms with Gasteiger partial charge in [0.2, 0.25) is 5.91 Å². The normalized spacial score (nSPS) is 31.5. The third-order valence-corrected chi connectivity index (χ3v) is 3.67. The van der Waals surface area contributed by atoms with Crippen LogP contribution in [0.4, 0.5) is 0 Å². The standard InChI is InChI=1S/C12H22N2O3/c1-9(15)10-2-4-14(8-10)12(16)6-11-7-13-3-5-17-11/h9-11,13,15H,2-8H2,1H3. The van der Waals surface area contributed by atoms with Crippen molar-refractivity contribution in [1.29, 1.82) is 0 Å². The van der Waals surface area contributed by atoms with Crippen LogP contribution < -0.4 is 5.32 Å². The molecule has 98 valence electrons. The van der Waals surface area contributed by atoms with Gasteiger partial charge in [-0.1, -0.05) is 0 Å². The molecule has 3 atom stereocenters. The quantitative estimate of drug-likeness (QED) is 0.706. The molecular formula is C12H22N2O3. The summed E-state index contributed by atoms with van der Waals surface area (Å²) in [5, 5.41) is 12.7. The minimum atomic E-state index is -0.319. The zero-order valence-corrected chi connectivity index (χ0v) is 10.4. The van der Waals surface area contributed by atoms with E-state index in [1.807, 2.05) is 4.90 Å². The zero-order chi connectivity index (χ0) is 12.3. The van der Waals surface area contributed by atoms with Gasteiger partial charge in [-0.3, -0.25) is 4.79 Å². The number of likely N-dealkylation sites (tertiary alicyclic amines) is 1. The van der Waals surface area contributed by atoms with Gasteiger partial charge in [-0.15, -0.1) is 0 Å². The molecule has 0 bridgehead atoms. The maximum absolute atomic E-state index is 12.0. The van der Waals surface area contributed by atoms with E-state index in [1.54, 1.807) is 6.92 Å². The van der Waals surface area contributed by atoms with Gasteiger partial charge in [-0.25, -0.2) is 0 Å². The predicted octanol–water partition coefficient (Wildman–Crippen LogP) is -0.406. The lowest BCUT2D eigenvalue weighted by molar-refractivity contribution is -0.133. The highest BCUT2D eigenvalue weighted by atomic mass is 16.5. The lowest BCUT2D eigenvalue weighted by Gasteiger charge is -2.25. The van der Waals surface area contributed by atoms with Gasteiger partial charge in [0, 0.05) is 32.1 Å². The Balaban J connectivity index is 1.76. The molecule has 0 radical (unpaired) electrons. The molecule has 5 heteroatoms. The SMILES string of the molecule is CC(O)C1CCN(C(=O)CC2CNCCO2)C1. The number of morpholine rings is 1. The molecule has 0 saturated carbocycles. The zero-order valence-electron chi connectivity index (χ0n) is 10.4. The molecule has 0 aromatic rings. The molecule has 0 aromatic heterocycles. The van der Waals surface area contributed by atoms with Crippen molar-refractivity contribution in [3.05, 3.63) is 0 Å². The van der Waals surface area contributed by atoms with Crippen LogP contribution in [0.5, 0.6) is 0 Å². The smallest absolute Gasteiger partial charge is 0.225 e. The number of nitrogens with one attached hydrogen (secondary N) is 1. The molecule has 2 fully saturated rings. The fourth-order valence-corrected chi connectivity index (χ4v) is 2.48. The van der Waals surface area contributed by atoms with Crippen molar-refractivity contribution >= 4 is 5.91 Å². The number of nitrogens with zero attached hydrogens (tertiary/aromatic N) is 1. The Kier molecular flexibility index (Phi) is 4.36. The summed E-state index contributed by atoms with van der Waals surface area (Å²) in [6.07, 6.45) is 1.06. The Morgan fingerprint density at radius 3 is 3.06 bits per heavy atom. The molecule has 1 amide bonds. The number of rotatable bonds is 3. The van der Waals surface area contributed by atoms with E-state index in [0.717, 1.165) is 26.1 Å². The van der Waals surface area contributed by atoms with E-state index in [1.165, 1.54) is 0 Å². The molecule has 2 aliphatic rings. The van der Waals surface area contributed by atoms with Crippen LogP contribution in [0.25, 0.3) is 0 Å². The molecule has 0 spiro atoms. The first-order valence-electron chi connectivity index (χ1n) is 6.45. The summed E-state index contributed by atoms with van der Waals surface area (Å²) in [7, 11) is 0. The van der Waals surface area contributed by atoms with Gasteiger partial charge < -0.3 is 20.1 Å². The van der Waals surface area contributed by atoms with Crippen LogP contribution in [-0.4, -0.2) is 60.9 Å². The van der Waals surface area contributed by atoms with E-state index in [2.05, 4.69) is 5.32 Å². The minimum Gasteiger partial charge on any atom is -0.393 e. The largest absolute Gasteiger partial charge is 0.393 e. The number of hydrogen-bond donors (Lipinski definition) is 2. The molecule has 17 heavy (non-hydrogen) atoms. The maximum atomic E-state index is 12.0. The third kappa shape index (κ3) is 3.40. The molecule has 0 aliphatic carbocycles. The van der Waals surface area contributed by atoms with Crippen molar-refractivity contribution in [3.8, 4) is 0 Å². The summed E-state index contributed by atoms with van der Waals surface area (Å²) >= 11 is 0. The lowest BCUT2D eigenvalue weighted by Crippen LogP contribution is -2.42. The van der Waals surface area contributed by atoms with E-state index < -0.39 is 0 Å². The number of amides is 1. The highest BCUT2D eigenvalue weighted by molar-refractivity contribution is 5.77. The van der Waals surface area contributed by atoms with Crippen LogP contribution in [0.1, 0.15) is 19.8 Å². The average molecular weight is 242 g/mol. The van der Waals surface area contributed by atoms with Crippen LogP contribution in [0.3, 0.4) is 0 Å². The average Bonchev–Trinajstić information content (AvgIpc) is 2.79. The summed E-state index contributed by atoms with van der Waals surface area (Å²) in [4.78, 5) is 13.9. The van der Waals surface area contributed by atoms with E-state index in [-0.39, 0.29) is 24.0 Å². The molecule has 3 unspecified atom stereocenters. The van der Waals surface area contributed by atoms with Crippen LogP contribution in [0, 0.1) is 5.92 Å². The van der Waals surface area contributed by atoms with Crippen molar-refractivity contribution in [2.75, 3.05) is 32.8 Å². The number of ether oxygens (including phenoxy) is 1. The van der Waals surface area contributed by atoms with Gasteiger partial charge in [0.05, 0.1) is 25.2 Å². The summed E-state index contributed by atoms with van der Waals surface area (Å²) in [6, 6.07) is 0. The van der Waals surface area contributed by atoms with Gasteiger partial charge in [0.25, 0.3) is 0 Å². The molecule has 0 aromatic carbocycles. The van der Waals surface area contributed by atoms with Crippen LogP contribution in [-0.2, 0) is 9.53 Å². The number of aliphatic hydroxyl groups excluding tert-OH is 1.